The summed E-state index contributed by atoms with van der Waals surface area (Å²) in [5.74, 6) is 0. The van der Waals surface area contributed by atoms with Crippen LogP contribution in [-0.2, 0) is 0 Å². The van der Waals surface area contributed by atoms with Gasteiger partial charge in [0.2, 0.25) is 0 Å². The highest BCUT2D eigenvalue weighted by Crippen LogP contribution is 2.18. The standard InChI is InChI=1S/C8H18N2/c1-2-8-4-3-6-10(8)7-5-9/h8H,2-7,9H2,1H3. The fourth-order valence-corrected chi connectivity index (χ4v) is 1.82. The third-order valence-electron chi connectivity index (χ3n) is 2.39. The molecule has 1 saturated heterocycles. The molecule has 1 aliphatic rings. The zero-order valence-corrected chi connectivity index (χ0v) is 6.84. The lowest BCUT2D eigenvalue weighted by molar-refractivity contribution is 0.255. The van der Waals surface area contributed by atoms with Crippen LogP contribution in [0, 0.1) is 0 Å². The highest BCUT2D eigenvalue weighted by molar-refractivity contribution is 4.77. The number of nitrogens with two attached hydrogens (primary N) is 1. The molecular formula is C8H18N2. The predicted octanol–water partition coefficient (Wildman–Crippen LogP) is 0.820. The van der Waals surface area contributed by atoms with Gasteiger partial charge in [-0.15, -0.1) is 0 Å². The van der Waals surface area contributed by atoms with Crippen LogP contribution in [0.15, 0.2) is 0 Å². The minimum atomic E-state index is 0.816. The summed E-state index contributed by atoms with van der Waals surface area (Å²) in [6.45, 7) is 5.45. The molecule has 0 aliphatic carbocycles. The third-order valence-corrected chi connectivity index (χ3v) is 2.39. The lowest BCUT2D eigenvalue weighted by Crippen LogP contribution is -2.33. The molecule has 1 atom stereocenters. The second-order valence-corrected chi connectivity index (χ2v) is 3.03. The van der Waals surface area contributed by atoms with E-state index in [4.69, 9.17) is 5.73 Å². The van der Waals surface area contributed by atoms with E-state index in [0.717, 1.165) is 19.1 Å². The Kier molecular flexibility index (Phi) is 3.16. The molecule has 0 aromatic heterocycles. The van der Waals surface area contributed by atoms with Crippen molar-refractivity contribution >= 4 is 0 Å². The summed E-state index contributed by atoms with van der Waals surface area (Å²) in [5.41, 5.74) is 5.48. The molecule has 1 rings (SSSR count). The van der Waals surface area contributed by atoms with Crippen LogP contribution in [0.3, 0.4) is 0 Å². The summed E-state index contributed by atoms with van der Waals surface area (Å²) >= 11 is 0. The fraction of sp³-hybridized carbons (Fsp3) is 1.00. The molecule has 0 aromatic rings. The molecule has 2 N–H and O–H groups in total. The second kappa shape index (κ2) is 3.94. The van der Waals surface area contributed by atoms with E-state index in [-0.39, 0.29) is 0 Å². The van der Waals surface area contributed by atoms with Gasteiger partial charge in [0, 0.05) is 19.1 Å². The van der Waals surface area contributed by atoms with Gasteiger partial charge in [-0.25, -0.2) is 0 Å². The highest BCUT2D eigenvalue weighted by Gasteiger charge is 2.20. The van der Waals surface area contributed by atoms with E-state index in [1.165, 1.54) is 25.8 Å². The summed E-state index contributed by atoms with van der Waals surface area (Å²) < 4.78 is 0. The first-order valence-corrected chi connectivity index (χ1v) is 4.32. The van der Waals surface area contributed by atoms with E-state index in [1.807, 2.05) is 0 Å². The molecule has 2 heteroatoms. The molecule has 1 unspecified atom stereocenters. The Hall–Kier alpha value is -0.0800. The van der Waals surface area contributed by atoms with Crippen molar-refractivity contribution in [2.75, 3.05) is 19.6 Å². The van der Waals surface area contributed by atoms with Crippen LogP contribution in [0.2, 0.25) is 0 Å². The summed E-state index contributed by atoms with van der Waals surface area (Å²) in [5, 5.41) is 0. The molecule has 1 aliphatic heterocycles. The molecule has 2 nitrogen and oxygen atoms in total. The van der Waals surface area contributed by atoms with Crippen LogP contribution in [-0.4, -0.2) is 30.6 Å². The quantitative estimate of drug-likeness (QED) is 0.632. The van der Waals surface area contributed by atoms with E-state index in [1.54, 1.807) is 0 Å². The number of rotatable bonds is 3. The molecule has 0 radical (unpaired) electrons. The Morgan fingerprint density at radius 2 is 2.40 bits per heavy atom. The van der Waals surface area contributed by atoms with E-state index in [2.05, 4.69) is 11.8 Å². The average Bonchev–Trinajstić information content (AvgIpc) is 2.36. The van der Waals surface area contributed by atoms with E-state index in [9.17, 15) is 0 Å². The first-order chi connectivity index (χ1) is 4.88. The Balaban J connectivity index is 2.27. The van der Waals surface area contributed by atoms with Crippen LogP contribution in [0.25, 0.3) is 0 Å². The van der Waals surface area contributed by atoms with E-state index >= 15 is 0 Å². The van der Waals surface area contributed by atoms with Crippen molar-refractivity contribution in [2.24, 2.45) is 5.73 Å². The van der Waals surface area contributed by atoms with Crippen LogP contribution >= 0.6 is 0 Å². The summed E-state index contributed by atoms with van der Waals surface area (Å²) in [6.07, 6.45) is 4.05. The first kappa shape index (κ1) is 8.02. The Morgan fingerprint density at radius 3 is 3.00 bits per heavy atom. The maximum absolute atomic E-state index is 5.48. The summed E-state index contributed by atoms with van der Waals surface area (Å²) in [7, 11) is 0. The van der Waals surface area contributed by atoms with Crippen molar-refractivity contribution in [3.63, 3.8) is 0 Å². The van der Waals surface area contributed by atoms with Gasteiger partial charge < -0.3 is 5.73 Å². The molecule has 0 bridgehead atoms. The molecule has 1 fully saturated rings. The van der Waals surface area contributed by atoms with Gasteiger partial charge in [-0.1, -0.05) is 6.92 Å². The van der Waals surface area contributed by atoms with Crippen molar-refractivity contribution in [3.8, 4) is 0 Å². The molecule has 0 aromatic carbocycles. The SMILES string of the molecule is CCC1CCCN1CCN. The monoisotopic (exact) mass is 142 g/mol. The van der Waals surface area contributed by atoms with Gasteiger partial charge in [-0.3, -0.25) is 4.90 Å². The van der Waals surface area contributed by atoms with Crippen molar-refractivity contribution in [1.82, 2.24) is 4.90 Å². The maximum atomic E-state index is 5.48. The smallest absolute Gasteiger partial charge is 0.0108 e. The molecule has 60 valence electrons. The lowest BCUT2D eigenvalue weighted by Gasteiger charge is -2.21. The number of nitrogens with zero attached hydrogens (tertiary/aromatic N) is 1. The minimum absolute atomic E-state index is 0.816. The Morgan fingerprint density at radius 1 is 1.60 bits per heavy atom. The van der Waals surface area contributed by atoms with Crippen molar-refractivity contribution < 1.29 is 0 Å². The fourth-order valence-electron chi connectivity index (χ4n) is 1.82. The Bertz CT molecular complexity index is 93.3. The van der Waals surface area contributed by atoms with Gasteiger partial charge in [0.1, 0.15) is 0 Å². The number of likely N-dealkylation sites (tertiary alicyclic amines) is 1. The molecule has 0 spiro atoms. The first-order valence-electron chi connectivity index (χ1n) is 4.32. The molecular weight excluding hydrogens is 124 g/mol. The lowest BCUT2D eigenvalue weighted by atomic mass is 10.2. The van der Waals surface area contributed by atoms with Gasteiger partial charge in [0.15, 0.2) is 0 Å². The molecule has 1 heterocycles. The number of hydrogen-bond acceptors (Lipinski definition) is 2. The molecule has 0 saturated carbocycles. The van der Waals surface area contributed by atoms with Crippen molar-refractivity contribution in [1.29, 1.82) is 0 Å². The zero-order chi connectivity index (χ0) is 7.40. The third kappa shape index (κ3) is 1.70. The Labute approximate surface area is 63.4 Å². The second-order valence-electron chi connectivity index (χ2n) is 3.03. The van der Waals surface area contributed by atoms with Gasteiger partial charge in [-0.05, 0) is 25.8 Å². The molecule has 10 heavy (non-hydrogen) atoms. The maximum Gasteiger partial charge on any atom is 0.0108 e. The topological polar surface area (TPSA) is 29.3 Å². The highest BCUT2D eigenvalue weighted by atomic mass is 15.2. The zero-order valence-electron chi connectivity index (χ0n) is 6.84. The van der Waals surface area contributed by atoms with Crippen LogP contribution in [0.4, 0.5) is 0 Å². The average molecular weight is 142 g/mol. The largest absolute Gasteiger partial charge is 0.329 e. The van der Waals surface area contributed by atoms with Gasteiger partial charge in [0.25, 0.3) is 0 Å². The van der Waals surface area contributed by atoms with Crippen LogP contribution in [0.5, 0.6) is 0 Å². The molecule has 0 amide bonds. The van der Waals surface area contributed by atoms with Crippen LogP contribution in [0.1, 0.15) is 26.2 Å². The van der Waals surface area contributed by atoms with Crippen LogP contribution < -0.4 is 5.73 Å². The van der Waals surface area contributed by atoms with Gasteiger partial charge in [0.05, 0.1) is 0 Å². The number of hydrogen-bond donors (Lipinski definition) is 1. The van der Waals surface area contributed by atoms with Crippen molar-refractivity contribution in [3.05, 3.63) is 0 Å². The summed E-state index contributed by atoms with van der Waals surface area (Å²) in [6, 6.07) is 0.837. The normalized spacial score (nSPS) is 27.6. The summed E-state index contributed by atoms with van der Waals surface area (Å²) in [4.78, 5) is 2.51. The van der Waals surface area contributed by atoms with Gasteiger partial charge in [-0.2, -0.15) is 0 Å². The van der Waals surface area contributed by atoms with Gasteiger partial charge >= 0.3 is 0 Å². The van der Waals surface area contributed by atoms with Crippen molar-refractivity contribution in [2.45, 2.75) is 32.2 Å². The van der Waals surface area contributed by atoms with E-state index < -0.39 is 0 Å². The minimum Gasteiger partial charge on any atom is -0.329 e. The van der Waals surface area contributed by atoms with E-state index in [0.29, 0.717) is 0 Å². The predicted molar refractivity (Wildman–Crippen MR) is 43.9 cm³/mol.